The summed E-state index contributed by atoms with van der Waals surface area (Å²) in [6, 6.07) is 4.70. The quantitative estimate of drug-likeness (QED) is 0.426. The Bertz CT molecular complexity index is 462. The molecule has 0 spiro atoms. The summed E-state index contributed by atoms with van der Waals surface area (Å²) in [4.78, 5) is 6.86. The fourth-order valence-electron chi connectivity index (χ4n) is 2.18. The van der Waals surface area contributed by atoms with E-state index in [2.05, 4.69) is 38.1 Å². The van der Waals surface area contributed by atoms with Crippen molar-refractivity contribution in [1.29, 1.82) is 0 Å². The predicted molar refractivity (Wildman–Crippen MR) is 95.1 cm³/mol. The number of guanidine groups is 1. The van der Waals surface area contributed by atoms with Crippen LogP contribution in [0.5, 0.6) is 0 Å². The van der Waals surface area contributed by atoms with Crippen molar-refractivity contribution >= 4 is 45.9 Å². The topological polar surface area (TPSA) is 27.6 Å². The van der Waals surface area contributed by atoms with Crippen molar-refractivity contribution in [3.63, 3.8) is 0 Å². The zero-order valence-electron chi connectivity index (χ0n) is 11.5. The fraction of sp³-hybridized carbons (Fsp3) is 0.500. The number of likely N-dealkylation sites (tertiary alicyclic amines) is 1. The minimum atomic E-state index is -0.223. The van der Waals surface area contributed by atoms with Gasteiger partial charge in [-0.05, 0) is 43.5 Å². The van der Waals surface area contributed by atoms with Crippen LogP contribution in [0.1, 0.15) is 25.3 Å². The molecule has 20 heavy (non-hydrogen) atoms. The Labute approximate surface area is 145 Å². The van der Waals surface area contributed by atoms with Crippen molar-refractivity contribution in [2.75, 3.05) is 19.6 Å². The summed E-state index contributed by atoms with van der Waals surface area (Å²) in [6.07, 6.45) is 2.43. The Morgan fingerprint density at radius 1 is 1.40 bits per heavy atom. The maximum atomic E-state index is 13.2. The van der Waals surface area contributed by atoms with E-state index < -0.39 is 0 Å². The summed E-state index contributed by atoms with van der Waals surface area (Å²) in [6.45, 7) is 5.49. The molecule has 1 N–H and O–H groups in total. The van der Waals surface area contributed by atoms with E-state index in [-0.39, 0.29) is 29.8 Å². The van der Waals surface area contributed by atoms with Crippen LogP contribution in [-0.2, 0) is 6.54 Å². The fourth-order valence-corrected chi connectivity index (χ4v) is 2.55. The molecule has 2 rings (SSSR count). The molecule has 0 aliphatic carbocycles. The summed E-state index contributed by atoms with van der Waals surface area (Å²) in [5.41, 5.74) is 0.870. The number of hydrogen-bond donors (Lipinski definition) is 1. The third-order valence-corrected chi connectivity index (χ3v) is 3.92. The van der Waals surface area contributed by atoms with Crippen LogP contribution in [-0.4, -0.2) is 30.5 Å². The van der Waals surface area contributed by atoms with Crippen molar-refractivity contribution < 1.29 is 4.39 Å². The number of aliphatic imine (C=N–C) groups is 1. The Morgan fingerprint density at radius 3 is 2.75 bits per heavy atom. The molecule has 3 nitrogen and oxygen atoms in total. The molecule has 0 atom stereocenters. The average Bonchev–Trinajstić information content (AvgIpc) is 2.92. The highest BCUT2D eigenvalue weighted by molar-refractivity contribution is 14.0. The lowest BCUT2D eigenvalue weighted by molar-refractivity contribution is 0.493. The van der Waals surface area contributed by atoms with E-state index in [0.717, 1.165) is 35.6 Å². The van der Waals surface area contributed by atoms with E-state index in [9.17, 15) is 4.39 Å². The van der Waals surface area contributed by atoms with E-state index in [1.54, 1.807) is 6.07 Å². The van der Waals surface area contributed by atoms with Crippen molar-refractivity contribution in [2.45, 2.75) is 26.3 Å². The molecule has 1 saturated heterocycles. The Kier molecular flexibility index (Phi) is 7.79. The first-order valence-corrected chi connectivity index (χ1v) is 7.47. The molecule has 1 aliphatic rings. The number of nitrogens with zero attached hydrogens (tertiary/aromatic N) is 2. The molecule has 1 aromatic rings. The molecule has 0 amide bonds. The molecule has 0 saturated carbocycles. The van der Waals surface area contributed by atoms with E-state index in [4.69, 9.17) is 0 Å². The van der Waals surface area contributed by atoms with Crippen molar-refractivity contribution in [3.8, 4) is 0 Å². The standard InChI is InChI=1S/C14H19BrFN3.HI/c1-2-17-14(19-7-3-4-8-19)18-10-11-9-12(16)5-6-13(11)15;/h5-6,9H,2-4,7-8,10H2,1H3,(H,17,18);1H. The maximum absolute atomic E-state index is 13.2. The lowest BCUT2D eigenvalue weighted by atomic mass is 10.2. The van der Waals surface area contributed by atoms with E-state index in [1.807, 2.05) is 0 Å². The molecule has 1 aromatic carbocycles. The molecular weight excluding hydrogens is 436 g/mol. The third kappa shape index (κ3) is 4.87. The lowest BCUT2D eigenvalue weighted by Gasteiger charge is -2.20. The zero-order chi connectivity index (χ0) is 13.7. The summed E-state index contributed by atoms with van der Waals surface area (Å²) < 4.78 is 14.1. The van der Waals surface area contributed by atoms with Gasteiger partial charge in [0.15, 0.2) is 5.96 Å². The monoisotopic (exact) mass is 455 g/mol. The van der Waals surface area contributed by atoms with Crippen LogP contribution in [0.4, 0.5) is 4.39 Å². The zero-order valence-corrected chi connectivity index (χ0v) is 15.4. The first kappa shape index (κ1) is 17.7. The number of rotatable bonds is 3. The molecule has 6 heteroatoms. The van der Waals surface area contributed by atoms with Crippen LogP contribution in [0.2, 0.25) is 0 Å². The predicted octanol–water partition coefficient (Wildman–Crippen LogP) is 3.77. The number of halogens is 3. The first-order chi connectivity index (χ1) is 9.20. The van der Waals surface area contributed by atoms with E-state index in [1.165, 1.54) is 25.0 Å². The highest BCUT2D eigenvalue weighted by Crippen LogP contribution is 2.19. The number of benzene rings is 1. The van der Waals surface area contributed by atoms with Crippen LogP contribution >= 0.6 is 39.9 Å². The van der Waals surface area contributed by atoms with E-state index >= 15 is 0 Å². The molecule has 0 unspecified atom stereocenters. The first-order valence-electron chi connectivity index (χ1n) is 6.68. The highest BCUT2D eigenvalue weighted by atomic mass is 127. The van der Waals surface area contributed by atoms with Crippen LogP contribution in [0.3, 0.4) is 0 Å². The summed E-state index contributed by atoms with van der Waals surface area (Å²) in [5.74, 6) is 0.704. The molecule has 1 fully saturated rings. The van der Waals surface area contributed by atoms with Gasteiger partial charge in [0.05, 0.1) is 6.54 Å². The summed E-state index contributed by atoms with van der Waals surface area (Å²) >= 11 is 3.43. The molecule has 0 aromatic heterocycles. The number of nitrogens with one attached hydrogen (secondary N) is 1. The SMILES string of the molecule is CCNC(=NCc1cc(F)ccc1Br)N1CCCC1.I. The average molecular weight is 456 g/mol. The van der Waals surface area contributed by atoms with Gasteiger partial charge in [-0.2, -0.15) is 0 Å². The second-order valence-electron chi connectivity index (χ2n) is 4.60. The van der Waals surface area contributed by atoms with Crippen LogP contribution < -0.4 is 5.32 Å². The highest BCUT2D eigenvalue weighted by Gasteiger charge is 2.15. The lowest BCUT2D eigenvalue weighted by Crippen LogP contribution is -2.39. The van der Waals surface area contributed by atoms with Crippen LogP contribution in [0, 0.1) is 5.82 Å². The van der Waals surface area contributed by atoms with Gasteiger partial charge in [-0.1, -0.05) is 15.9 Å². The van der Waals surface area contributed by atoms with Crippen molar-refractivity contribution in [1.82, 2.24) is 10.2 Å². The van der Waals surface area contributed by atoms with Gasteiger partial charge < -0.3 is 10.2 Å². The minimum Gasteiger partial charge on any atom is -0.357 e. The van der Waals surface area contributed by atoms with Gasteiger partial charge in [-0.25, -0.2) is 9.38 Å². The van der Waals surface area contributed by atoms with Crippen molar-refractivity contribution in [2.24, 2.45) is 4.99 Å². The molecule has 112 valence electrons. The van der Waals surface area contributed by atoms with Crippen LogP contribution in [0.25, 0.3) is 0 Å². The van der Waals surface area contributed by atoms with Gasteiger partial charge in [-0.15, -0.1) is 24.0 Å². The Morgan fingerprint density at radius 2 is 2.10 bits per heavy atom. The smallest absolute Gasteiger partial charge is 0.194 e. The largest absolute Gasteiger partial charge is 0.357 e. The molecule has 0 bridgehead atoms. The second-order valence-corrected chi connectivity index (χ2v) is 5.45. The molecule has 0 radical (unpaired) electrons. The molecule has 1 heterocycles. The number of hydrogen-bond acceptors (Lipinski definition) is 1. The van der Waals surface area contributed by atoms with Crippen LogP contribution in [0.15, 0.2) is 27.7 Å². The molecular formula is C14H20BrFIN3. The Hall–Kier alpha value is -0.370. The minimum absolute atomic E-state index is 0. The van der Waals surface area contributed by atoms with Gasteiger partial charge in [-0.3, -0.25) is 0 Å². The normalized spacial score (nSPS) is 15.2. The second kappa shape index (κ2) is 8.81. The summed E-state index contributed by atoms with van der Waals surface area (Å²) in [5, 5.41) is 3.30. The summed E-state index contributed by atoms with van der Waals surface area (Å²) in [7, 11) is 0. The van der Waals surface area contributed by atoms with Gasteiger partial charge in [0, 0.05) is 24.1 Å². The van der Waals surface area contributed by atoms with Crippen molar-refractivity contribution in [3.05, 3.63) is 34.1 Å². The maximum Gasteiger partial charge on any atom is 0.194 e. The van der Waals surface area contributed by atoms with Gasteiger partial charge in [0.25, 0.3) is 0 Å². The van der Waals surface area contributed by atoms with Gasteiger partial charge >= 0.3 is 0 Å². The van der Waals surface area contributed by atoms with Gasteiger partial charge in [0.1, 0.15) is 5.82 Å². The Balaban J connectivity index is 0.00000200. The van der Waals surface area contributed by atoms with E-state index in [0.29, 0.717) is 6.54 Å². The third-order valence-electron chi connectivity index (χ3n) is 3.15. The molecule has 1 aliphatic heterocycles. The van der Waals surface area contributed by atoms with Gasteiger partial charge in [0.2, 0.25) is 0 Å².